The number of nitrogens with one attached hydrogen (secondary N) is 1. The Labute approximate surface area is 160 Å². The minimum Gasteiger partial charge on any atom is -0.368 e. The van der Waals surface area contributed by atoms with Crippen LogP contribution < -0.4 is 10.2 Å². The molecular weight excluding hydrogens is 346 g/mol. The van der Waals surface area contributed by atoms with Crippen molar-refractivity contribution in [3.05, 3.63) is 64.7 Å². The Morgan fingerprint density at radius 2 is 1.81 bits per heavy atom. The third kappa shape index (κ3) is 5.23. The second-order valence-electron chi connectivity index (χ2n) is 6.76. The predicted molar refractivity (Wildman–Crippen MR) is 108 cm³/mol. The van der Waals surface area contributed by atoms with Crippen LogP contribution in [0, 0.1) is 6.92 Å². The second-order valence-corrected chi connectivity index (χ2v) is 7.20. The molecule has 0 atom stereocenters. The summed E-state index contributed by atoms with van der Waals surface area (Å²) in [7, 11) is 0. The molecule has 1 heterocycles. The number of aryl methyl sites for hydroxylation is 1. The summed E-state index contributed by atoms with van der Waals surface area (Å²) in [5.41, 5.74) is 3.74. The van der Waals surface area contributed by atoms with Gasteiger partial charge in [-0.2, -0.15) is 0 Å². The highest BCUT2D eigenvalue weighted by Crippen LogP contribution is 2.17. The number of rotatable bonds is 6. The predicted octanol–water partition coefficient (Wildman–Crippen LogP) is 3.13. The monoisotopic (exact) mass is 371 g/mol. The standard InChI is InChI=1S/C21H26ClN3O/c1-17-3-2-4-20(15-17)24-11-13-25(14-12-24)21(26)16-23-10-9-18-5-7-19(22)8-6-18/h2-8,15,23H,9-14,16H2,1H3. The molecule has 0 bridgehead atoms. The van der Waals surface area contributed by atoms with Gasteiger partial charge >= 0.3 is 0 Å². The lowest BCUT2D eigenvalue weighted by molar-refractivity contribution is -0.130. The van der Waals surface area contributed by atoms with Gasteiger partial charge in [-0.3, -0.25) is 4.79 Å². The molecule has 1 fully saturated rings. The summed E-state index contributed by atoms with van der Waals surface area (Å²) in [6.07, 6.45) is 0.894. The quantitative estimate of drug-likeness (QED) is 0.792. The maximum atomic E-state index is 12.4. The van der Waals surface area contributed by atoms with Gasteiger partial charge in [0.15, 0.2) is 0 Å². The average molecular weight is 372 g/mol. The highest BCUT2D eigenvalue weighted by atomic mass is 35.5. The van der Waals surface area contributed by atoms with Gasteiger partial charge in [-0.25, -0.2) is 0 Å². The van der Waals surface area contributed by atoms with Gasteiger partial charge in [-0.1, -0.05) is 35.9 Å². The van der Waals surface area contributed by atoms with E-state index in [0.29, 0.717) is 6.54 Å². The fourth-order valence-electron chi connectivity index (χ4n) is 3.23. The van der Waals surface area contributed by atoms with Crippen LogP contribution in [0.3, 0.4) is 0 Å². The molecule has 2 aromatic rings. The highest BCUT2D eigenvalue weighted by Gasteiger charge is 2.20. The minimum atomic E-state index is 0.185. The van der Waals surface area contributed by atoms with Gasteiger partial charge in [0.25, 0.3) is 0 Å². The van der Waals surface area contributed by atoms with Crippen LogP contribution in [0.5, 0.6) is 0 Å². The molecule has 3 rings (SSSR count). The molecule has 1 saturated heterocycles. The Morgan fingerprint density at radius 1 is 1.08 bits per heavy atom. The Balaban J connectivity index is 1.37. The summed E-state index contributed by atoms with van der Waals surface area (Å²) in [6.45, 7) is 6.64. The zero-order chi connectivity index (χ0) is 18.4. The molecule has 0 radical (unpaired) electrons. The van der Waals surface area contributed by atoms with E-state index < -0.39 is 0 Å². The molecule has 5 heteroatoms. The van der Waals surface area contributed by atoms with E-state index in [2.05, 4.69) is 41.4 Å². The van der Waals surface area contributed by atoms with Crippen molar-refractivity contribution in [1.29, 1.82) is 0 Å². The maximum Gasteiger partial charge on any atom is 0.236 e. The molecule has 26 heavy (non-hydrogen) atoms. The van der Waals surface area contributed by atoms with E-state index in [0.717, 1.165) is 44.2 Å². The molecule has 0 saturated carbocycles. The molecule has 1 N–H and O–H groups in total. The van der Waals surface area contributed by atoms with Gasteiger partial charge in [0, 0.05) is 36.9 Å². The molecule has 1 aliphatic rings. The zero-order valence-corrected chi connectivity index (χ0v) is 16.0. The fraction of sp³-hybridized carbons (Fsp3) is 0.381. The van der Waals surface area contributed by atoms with E-state index >= 15 is 0 Å². The summed E-state index contributed by atoms with van der Waals surface area (Å²) in [5, 5.41) is 4.01. The van der Waals surface area contributed by atoms with Crippen molar-refractivity contribution < 1.29 is 4.79 Å². The highest BCUT2D eigenvalue weighted by molar-refractivity contribution is 6.30. The number of piperazine rings is 1. The summed E-state index contributed by atoms with van der Waals surface area (Å²) in [4.78, 5) is 16.7. The molecule has 4 nitrogen and oxygen atoms in total. The lowest BCUT2D eigenvalue weighted by Gasteiger charge is -2.36. The number of anilines is 1. The topological polar surface area (TPSA) is 35.6 Å². The summed E-state index contributed by atoms with van der Waals surface area (Å²) < 4.78 is 0. The number of benzene rings is 2. The van der Waals surface area contributed by atoms with Gasteiger partial charge in [0.05, 0.1) is 6.54 Å². The largest absolute Gasteiger partial charge is 0.368 e. The number of carbonyl (C=O) groups is 1. The van der Waals surface area contributed by atoms with E-state index in [4.69, 9.17) is 11.6 Å². The van der Waals surface area contributed by atoms with Crippen LogP contribution in [0.1, 0.15) is 11.1 Å². The number of amides is 1. The van der Waals surface area contributed by atoms with Crippen molar-refractivity contribution in [1.82, 2.24) is 10.2 Å². The summed E-state index contributed by atoms with van der Waals surface area (Å²) in [6, 6.07) is 16.4. The normalized spacial score (nSPS) is 14.5. The van der Waals surface area contributed by atoms with Crippen molar-refractivity contribution >= 4 is 23.2 Å². The first-order valence-corrected chi connectivity index (χ1v) is 9.54. The number of nitrogens with zero attached hydrogens (tertiary/aromatic N) is 2. The smallest absolute Gasteiger partial charge is 0.236 e. The van der Waals surface area contributed by atoms with Crippen LogP contribution in [0.2, 0.25) is 5.02 Å². The Bertz CT molecular complexity index is 724. The van der Waals surface area contributed by atoms with Crippen LogP contribution in [0.4, 0.5) is 5.69 Å². The van der Waals surface area contributed by atoms with E-state index in [1.165, 1.54) is 16.8 Å². The third-order valence-electron chi connectivity index (χ3n) is 4.78. The zero-order valence-electron chi connectivity index (χ0n) is 15.2. The molecular formula is C21H26ClN3O. The van der Waals surface area contributed by atoms with Crippen LogP contribution in [0.25, 0.3) is 0 Å². The van der Waals surface area contributed by atoms with E-state index in [-0.39, 0.29) is 5.91 Å². The summed E-state index contributed by atoms with van der Waals surface area (Å²) in [5.74, 6) is 0.185. The van der Waals surface area contributed by atoms with Crippen LogP contribution >= 0.6 is 11.6 Å². The van der Waals surface area contributed by atoms with Gasteiger partial charge in [0.1, 0.15) is 0 Å². The van der Waals surface area contributed by atoms with Crippen molar-refractivity contribution in [3.63, 3.8) is 0 Å². The number of hydrogen-bond donors (Lipinski definition) is 1. The van der Waals surface area contributed by atoms with Gasteiger partial charge in [-0.05, 0) is 55.3 Å². The van der Waals surface area contributed by atoms with Gasteiger partial charge in [-0.15, -0.1) is 0 Å². The Hall–Kier alpha value is -2.04. The lowest BCUT2D eigenvalue weighted by Crippen LogP contribution is -2.51. The van der Waals surface area contributed by atoms with Crippen LogP contribution in [-0.4, -0.2) is 50.1 Å². The van der Waals surface area contributed by atoms with Gasteiger partial charge < -0.3 is 15.1 Å². The summed E-state index contributed by atoms with van der Waals surface area (Å²) >= 11 is 5.89. The molecule has 2 aromatic carbocycles. The van der Waals surface area contributed by atoms with Gasteiger partial charge in [0.2, 0.25) is 5.91 Å². The van der Waals surface area contributed by atoms with Crippen molar-refractivity contribution in [2.75, 3.05) is 44.2 Å². The third-order valence-corrected chi connectivity index (χ3v) is 5.03. The first-order valence-electron chi connectivity index (χ1n) is 9.16. The molecule has 0 spiro atoms. The molecule has 0 aliphatic carbocycles. The molecule has 138 valence electrons. The average Bonchev–Trinajstić information content (AvgIpc) is 2.66. The van der Waals surface area contributed by atoms with E-state index in [1.807, 2.05) is 29.2 Å². The number of carbonyl (C=O) groups excluding carboxylic acids is 1. The Kier molecular flexibility index (Phi) is 6.53. The van der Waals surface area contributed by atoms with Crippen LogP contribution in [0.15, 0.2) is 48.5 Å². The second kappa shape index (κ2) is 9.06. The number of halogens is 1. The van der Waals surface area contributed by atoms with Crippen molar-refractivity contribution in [3.8, 4) is 0 Å². The minimum absolute atomic E-state index is 0.185. The molecule has 0 aromatic heterocycles. The molecule has 0 unspecified atom stereocenters. The first-order chi connectivity index (χ1) is 12.6. The van der Waals surface area contributed by atoms with E-state index in [1.54, 1.807) is 0 Å². The van der Waals surface area contributed by atoms with Crippen molar-refractivity contribution in [2.45, 2.75) is 13.3 Å². The Morgan fingerprint density at radius 3 is 2.50 bits per heavy atom. The molecule has 1 aliphatic heterocycles. The SMILES string of the molecule is Cc1cccc(N2CCN(C(=O)CNCCc3ccc(Cl)cc3)CC2)c1. The maximum absolute atomic E-state index is 12.4. The lowest BCUT2D eigenvalue weighted by atomic mass is 10.1. The van der Waals surface area contributed by atoms with E-state index in [9.17, 15) is 4.79 Å². The number of hydrogen-bond acceptors (Lipinski definition) is 3. The first kappa shape index (κ1) is 18.7. The molecule has 1 amide bonds. The van der Waals surface area contributed by atoms with Crippen molar-refractivity contribution in [2.24, 2.45) is 0 Å². The fourth-order valence-corrected chi connectivity index (χ4v) is 3.36. The van der Waals surface area contributed by atoms with Crippen LogP contribution in [-0.2, 0) is 11.2 Å².